The first-order chi connectivity index (χ1) is 7.65. The molecule has 0 radical (unpaired) electrons. The molecule has 0 spiro atoms. The highest BCUT2D eigenvalue weighted by Gasteiger charge is 2.37. The highest BCUT2D eigenvalue weighted by Crippen LogP contribution is 2.36. The topological polar surface area (TPSA) is 18.5 Å². The predicted molar refractivity (Wildman–Crippen MR) is 76.6 cm³/mol. The molecule has 17 heavy (non-hydrogen) atoms. The molecule has 0 saturated heterocycles. The van der Waals surface area contributed by atoms with Crippen LogP contribution in [0.25, 0.3) is 0 Å². The molecule has 0 unspecified atom stereocenters. The Bertz CT molecular complexity index is 281. The van der Waals surface area contributed by atoms with E-state index in [0.717, 1.165) is 6.61 Å². The van der Waals surface area contributed by atoms with E-state index in [1.54, 1.807) is 7.11 Å². The Morgan fingerprint density at radius 3 is 2.12 bits per heavy atom. The Kier molecular flexibility index (Phi) is 6.46. The highest BCUT2D eigenvalue weighted by molar-refractivity contribution is 6.74. The number of rotatable bonds is 5. The average Bonchev–Trinajstić information content (AvgIpc) is 2.21. The van der Waals surface area contributed by atoms with E-state index < -0.39 is 8.32 Å². The Balaban J connectivity index is 4.41. The minimum Gasteiger partial charge on any atom is -0.416 e. The molecule has 2 nitrogen and oxygen atoms in total. The first kappa shape index (κ1) is 16.7. The van der Waals surface area contributed by atoms with Crippen LogP contribution in [0.5, 0.6) is 0 Å². The molecule has 0 heterocycles. The molecule has 0 N–H and O–H groups in total. The summed E-state index contributed by atoms with van der Waals surface area (Å²) in [5, 5.41) is 0.256. The minimum atomic E-state index is -1.65. The van der Waals surface area contributed by atoms with Gasteiger partial charge in [-0.15, -0.1) is 5.92 Å². The minimum absolute atomic E-state index is 0.0234. The van der Waals surface area contributed by atoms with Crippen LogP contribution in [0.15, 0.2) is 0 Å². The van der Waals surface area contributed by atoms with Crippen LogP contribution >= 0.6 is 0 Å². The second kappa shape index (κ2) is 6.58. The monoisotopic (exact) mass is 256 g/mol. The molecular formula is C14H28O2Si. The summed E-state index contributed by atoms with van der Waals surface area (Å²) < 4.78 is 11.5. The van der Waals surface area contributed by atoms with Gasteiger partial charge in [-0.1, -0.05) is 33.6 Å². The maximum Gasteiger partial charge on any atom is 0.191 e. The third-order valence-corrected chi connectivity index (χ3v) is 8.07. The summed E-state index contributed by atoms with van der Waals surface area (Å²) >= 11 is 0. The van der Waals surface area contributed by atoms with Crippen LogP contribution in [0.2, 0.25) is 18.1 Å². The zero-order valence-electron chi connectivity index (χ0n) is 12.7. The van der Waals surface area contributed by atoms with Gasteiger partial charge in [0.15, 0.2) is 8.32 Å². The smallest absolute Gasteiger partial charge is 0.191 e. The summed E-state index contributed by atoms with van der Waals surface area (Å²) in [5.74, 6) is 6.29. The van der Waals surface area contributed by atoms with Gasteiger partial charge in [0.05, 0.1) is 0 Å². The standard InChI is InChI=1S/C14H28O2Si/c1-9-10-13(15-6)12(2)11-16-17(7,8)14(3,4)5/h12-13H,11H2,1-8H3/t12-,13+/m0/s1. The van der Waals surface area contributed by atoms with Crippen LogP contribution in [0.1, 0.15) is 34.6 Å². The summed E-state index contributed by atoms with van der Waals surface area (Å²) in [4.78, 5) is 0. The molecule has 100 valence electrons. The van der Waals surface area contributed by atoms with Crippen molar-refractivity contribution in [2.45, 2.75) is 58.9 Å². The first-order valence-electron chi connectivity index (χ1n) is 6.24. The molecule has 0 fully saturated rings. The number of hydrogen-bond donors (Lipinski definition) is 0. The van der Waals surface area contributed by atoms with Gasteiger partial charge in [-0.3, -0.25) is 0 Å². The van der Waals surface area contributed by atoms with Crippen LogP contribution in [-0.4, -0.2) is 28.1 Å². The van der Waals surface area contributed by atoms with Crippen molar-refractivity contribution in [3.63, 3.8) is 0 Å². The molecule has 0 aliphatic rings. The molecule has 0 aromatic heterocycles. The summed E-state index contributed by atoms with van der Waals surface area (Å²) in [6.07, 6.45) is -0.0234. The van der Waals surface area contributed by atoms with E-state index in [4.69, 9.17) is 9.16 Å². The van der Waals surface area contributed by atoms with Crippen molar-refractivity contribution in [3.8, 4) is 11.8 Å². The second-order valence-electron chi connectivity index (χ2n) is 6.10. The van der Waals surface area contributed by atoms with Crippen molar-refractivity contribution in [1.29, 1.82) is 0 Å². The van der Waals surface area contributed by atoms with E-state index in [0.29, 0.717) is 5.92 Å². The number of hydrogen-bond acceptors (Lipinski definition) is 2. The lowest BCUT2D eigenvalue weighted by atomic mass is 10.1. The van der Waals surface area contributed by atoms with Gasteiger partial charge in [0, 0.05) is 19.6 Å². The van der Waals surface area contributed by atoms with Gasteiger partial charge in [0.2, 0.25) is 0 Å². The van der Waals surface area contributed by atoms with E-state index in [9.17, 15) is 0 Å². The van der Waals surface area contributed by atoms with E-state index >= 15 is 0 Å². The fourth-order valence-electron chi connectivity index (χ4n) is 1.22. The largest absolute Gasteiger partial charge is 0.416 e. The molecule has 0 rings (SSSR count). The summed E-state index contributed by atoms with van der Waals surface area (Å²) in [7, 11) is 0.0532. The van der Waals surface area contributed by atoms with Crippen LogP contribution in [0.4, 0.5) is 0 Å². The second-order valence-corrected chi connectivity index (χ2v) is 10.9. The summed E-state index contributed by atoms with van der Waals surface area (Å²) in [6, 6.07) is 0. The molecule has 0 saturated carbocycles. The maximum absolute atomic E-state index is 6.18. The lowest BCUT2D eigenvalue weighted by molar-refractivity contribution is 0.0755. The van der Waals surface area contributed by atoms with Gasteiger partial charge in [-0.05, 0) is 25.1 Å². The Morgan fingerprint density at radius 2 is 1.76 bits per heavy atom. The normalized spacial score (nSPS) is 16.0. The van der Waals surface area contributed by atoms with E-state index in [1.165, 1.54) is 0 Å². The fourth-order valence-corrected chi connectivity index (χ4v) is 2.33. The molecule has 2 atom stereocenters. The van der Waals surface area contributed by atoms with Gasteiger partial charge >= 0.3 is 0 Å². The Hall–Kier alpha value is -0.303. The van der Waals surface area contributed by atoms with Crippen LogP contribution in [0, 0.1) is 17.8 Å². The predicted octanol–water partition coefficient (Wildman–Crippen LogP) is 3.68. The van der Waals surface area contributed by atoms with Gasteiger partial charge in [0.1, 0.15) is 6.10 Å². The third kappa shape index (κ3) is 5.24. The van der Waals surface area contributed by atoms with Crippen LogP contribution in [0.3, 0.4) is 0 Å². The highest BCUT2D eigenvalue weighted by atomic mass is 28.4. The number of ether oxygens (including phenoxy) is 1. The van der Waals surface area contributed by atoms with Gasteiger partial charge < -0.3 is 9.16 Å². The fraction of sp³-hybridized carbons (Fsp3) is 0.857. The van der Waals surface area contributed by atoms with Crippen molar-refractivity contribution < 1.29 is 9.16 Å². The van der Waals surface area contributed by atoms with Gasteiger partial charge in [-0.2, -0.15) is 0 Å². The molecule has 3 heteroatoms. The van der Waals surface area contributed by atoms with Crippen molar-refractivity contribution in [3.05, 3.63) is 0 Å². The van der Waals surface area contributed by atoms with E-state index in [1.807, 2.05) is 6.92 Å². The molecule has 0 aliphatic heterocycles. The lowest BCUT2D eigenvalue weighted by Crippen LogP contribution is -2.42. The summed E-state index contributed by atoms with van der Waals surface area (Å²) in [6.45, 7) is 16.0. The molecule has 0 amide bonds. The van der Waals surface area contributed by atoms with Crippen molar-refractivity contribution >= 4 is 8.32 Å². The third-order valence-electron chi connectivity index (χ3n) is 3.57. The molecule has 0 aliphatic carbocycles. The molecular weight excluding hydrogens is 228 g/mol. The Morgan fingerprint density at radius 1 is 1.24 bits per heavy atom. The average molecular weight is 256 g/mol. The lowest BCUT2D eigenvalue weighted by Gasteiger charge is -2.37. The summed E-state index contributed by atoms with van der Waals surface area (Å²) in [5.41, 5.74) is 0. The SMILES string of the molecule is CC#C[C@@H](OC)[C@@H](C)CO[Si](C)(C)C(C)(C)C. The Labute approximate surface area is 108 Å². The van der Waals surface area contributed by atoms with E-state index in [-0.39, 0.29) is 11.1 Å². The maximum atomic E-state index is 6.18. The zero-order chi connectivity index (χ0) is 13.7. The van der Waals surface area contributed by atoms with E-state index in [2.05, 4.69) is 52.6 Å². The van der Waals surface area contributed by atoms with Crippen molar-refractivity contribution in [2.24, 2.45) is 5.92 Å². The van der Waals surface area contributed by atoms with Crippen molar-refractivity contribution in [2.75, 3.05) is 13.7 Å². The van der Waals surface area contributed by atoms with Crippen LogP contribution < -0.4 is 0 Å². The molecule has 0 aromatic carbocycles. The van der Waals surface area contributed by atoms with Gasteiger partial charge in [-0.25, -0.2) is 0 Å². The number of methoxy groups -OCH3 is 1. The first-order valence-corrected chi connectivity index (χ1v) is 9.15. The van der Waals surface area contributed by atoms with Gasteiger partial charge in [0.25, 0.3) is 0 Å². The zero-order valence-corrected chi connectivity index (χ0v) is 13.7. The van der Waals surface area contributed by atoms with Crippen LogP contribution in [-0.2, 0) is 9.16 Å². The molecule has 0 aromatic rings. The van der Waals surface area contributed by atoms with Crippen molar-refractivity contribution in [1.82, 2.24) is 0 Å². The molecule has 0 bridgehead atoms. The quantitative estimate of drug-likeness (QED) is 0.552.